The summed E-state index contributed by atoms with van der Waals surface area (Å²) >= 11 is 1.41. The molecule has 2 aromatic carbocycles. The molecule has 2 N–H and O–H groups in total. The highest BCUT2D eigenvalue weighted by molar-refractivity contribution is 8.00. The van der Waals surface area contributed by atoms with Gasteiger partial charge in [-0.05, 0) is 43.2 Å². The van der Waals surface area contributed by atoms with Gasteiger partial charge >= 0.3 is 0 Å². The summed E-state index contributed by atoms with van der Waals surface area (Å²) in [4.78, 5) is 20.1. The fourth-order valence-electron chi connectivity index (χ4n) is 2.64. The van der Waals surface area contributed by atoms with Gasteiger partial charge in [0.15, 0.2) is 5.16 Å². The van der Waals surface area contributed by atoms with Gasteiger partial charge in [0.25, 0.3) is 0 Å². The lowest BCUT2D eigenvalue weighted by molar-refractivity contribution is -0.120. The molecule has 142 valence electrons. The third-order valence-corrected chi connectivity index (χ3v) is 5.18. The minimum absolute atomic E-state index is 0.00783. The zero-order valence-corrected chi connectivity index (χ0v) is 16.4. The molecule has 0 saturated heterocycles. The van der Waals surface area contributed by atoms with Gasteiger partial charge in [0.05, 0.1) is 30.5 Å². The van der Waals surface area contributed by atoms with E-state index in [1.165, 1.54) is 11.8 Å². The predicted molar refractivity (Wildman–Crippen MR) is 108 cm³/mol. The number of imidazole rings is 1. The Hall–Kier alpha value is -2.67. The molecule has 0 aliphatic rings. The molecule has 3 rings (SSSR count). The van der Waals surface area contributed by atoms with Gasteiger partial charge < -0.3 is 19.8 Å². The Balaban J connectivity index is 1.51. The highest BCUT2D eigenvalue weighted by Crippen LogP contribution is 2.25. The summed E-state index contributed by atoms with van der Waals surface area (Å²) in [5.41, 5.74) is 2.90. The highest BCUT2D eigenvalue weighted by Gasteiger charge is 2.16. The van der Waals surface area contributed by atoms with E-state index in [4.69, 9.17) is 9.47 Å². The van der Waals surface area contributed by atoms with Crippen molar-refractivity contribution in [3.8, 4) is 11.5 Å². The molecular weight excluding hydrogens is 362 g/mol. The average molecular weight is 385 g/mol. The third-order valence-electron chi connectivity index (χ3n) is 4.20. The minimum atomic E-state index is -0.247. The smallest absolute Gasteiger partial charge is 0.233 e. The first-order chi connectivity index (χ1) is 13.1. The van der Waals surface area contributed by atoms with Crippen LogP contribution in [0.15, 0.2) is 47.6 Å². The van der Waals surface area contributed by atoms with Gasteiger partial charge in [-0.2, -0.15) is 0 Å². The first-order valence-corrected chi connectivity index (χ1v) is 9.58. The zero-order valence-electron chi connectivity index (χ0n) is 15.6. The van der Waals surface area contributed by atoms with Crippen molar-refractivity contribution in [3.63, 3.8) is 0 Å². The maximum absolute atomic E-state index is 12.3. The normalized spacial score (nSPS) is 12.0. The monoisotopic (exact) mass is 385 g/mol. The fourth-order valence-corrected chi connectivity index (χ4v) is 3.48. The number of aromatic nitrogens is 2. The number of aromatic amines is 1. The molecule has 0 aliphatic heterocycles. The van der Waals surface area contributed by atoms with E-state index in [0.717, 1.165) is 39.7 Å². The molecule has 0 radical (unpaired) electrons. The van der Waals surface area contributed by atoms with Crippen molar-refractivity contribution in [1.29, 1.82) is 0 Å². The van der Waals surface area contributed by atoms with E-state index in [2.05, 4.69) is 15.3 Å². The number of H-pyrrole nitrogens is 1. The lowest BCUT2D eigenvalue weighted by Crippen LogP contribution is -2.32. The lowest BCUT2D eigenvalue weighted by atomic mass is 10.1. The van der Waals surface area contributed by atoms with Gasteiger partial charge in [-0.25, -0.2) is 4.98 Å². The summed E-state index contributed by atoms with van der Waals surface area (Å²) in [6, 6.07) is 13.5. The Kier molecular flexibility index (Phi) is 6.24. The number of benzene rings is 2. The van der Waals surface area contributed by atoms with Crippen LogP contribution in [0.5, 0.6) is 11.5 Å². The topological polar surface area (TPSA) is 76.2 Å². The van der Waals surface area contributed by atoms with Gasteiger partial charge in [-0.1, -0.05) is 23.9 Å². The van der Waals surface area contributed by atoms with Crippen LogP contribution in [-0.4, -0.2) is 41.9 Å². The van der Waals surface area contributed by atoms with Crippen LogP contribution < -0.4 is 14.8 Å². The number of rotatable bonds is 8. The van der Waals surface area contributed by atoms with Gasteiger partial charge in [-0.15, -0.1) is 0 Å². The van der Waals surface area contributed by atoms with E-state index in [1.807, 2.05) is 49.4 Å². The van der Waals surface area contributed by atoms with Crippen LogP contribution in [0.2, 0.25) is 0 Å². The molecule has 7 heteroatoms. The number of amides is 1. The summed E-state index contributed by atoms with van der Waals surface area (Å²) in [7, 11) is 3.28. The quantitative estimate of drug-likeness (QED) is 0.581. The molecule has 0 bridgehead atoms. The number of carbonyl (C=O) groups excluding carboxylic acids is 1. The standard InChI is InChI=1S/C20H23N3O3S/c1-13(19(24)21-11-10-14-4-6-15(25-2)7-5-14)27-20-22-17-9-8-16(26-3)12-18(17)23-20/h4-9,12-13H,10-11H2,1-3H3,(H,21,24)(H,22,23). The summed E-state index contributed by atoms with van der Waals surface area (Å²) in [6.07, 6.45) is 0.775. The summed E-state index contributed by atoms with van der Waals surface area (Å²) in [6.45, 7) is 2.47. The molecule has 0 spiro atoms. The summed E-state index contributed by atoms with van der Waals surface area (Å²) in [5.74, 6) is 1.59. The lowest BCUT2D eigenvalue weighted by Gasteiger charge is -2.10. The summed E-state index contributed by atoms with van der Waals surface area (Å²) < 4.78 is 10.4. The van der Waals surface area contributed by atoms with Crippen LogP contribution in [0.25, 0.3) is 11.0 Å². The first kappa shape index (κ1) is 19.1. The van der Waals surface area contributed by atoms with Gasteiger partial charge in [0, 0.05) is 12.6 Å². The maximum Gasteiger partial charge on any atom is 0.233 e. The first-order valence-electron chi connectivity index (χ1n) is 8.70. The van der Waals surface area contributed by atoms with Crippen molar-refractivity contribution in [2.24, 2.45) is 0 Å². The molecule has 27 heavy (non-hydrogen) atoms. The number of hydrogen-bond donors (Lipinski definition) is 2. The van der Waals surface area contributed by atoms with E-state index in [9.17, 15) is 4.79 Å². The van der Waals surface area contributed by atoms with Crippen molar-refractivity contribution in [1.82, 2.24) is 15.3 Å². The van der Waals surface area contributed by atoms with Crippen LogP contribution in [0, 0.1) is 0 Å². The van der Waals surface area contributed by atoms with Crippen molar-refractivity contribution in [3.05, 3.63) is 48.0 Å². The van der Waals surface area contributed by atoms with E-state index in [-0.39, 0.29) is 11.2 Å². The number of thioether (sulfide) groups is 1. The van der Waals surface area contributed by atoms with Crippen molar-refractivity contribution >= 4 is 28.7 Å². The fraction of sp³-hybridized carbons (Fsp3) is 0.300. The Labute approximate surface area is 162 Å². The van der Waals surface area contributed by atoms with Gasteiger partial charge in [0.2, 0.25) is 5.91 Å². The number of fused-ring (bicyclic) bond motifs is 1. The molecule has 1 unspecified atom stereocenters. The molecule has 0 fully saturated rings. The molecule has 1 aromatic heterocycles. The Morgan fingerprint density at radius 1 is 1.15 bits per heavy atom. The van der Waals surface area contributed by atoms with Crippen LogP contribution in [-0.2, 0) is 11.2 Å². The second kappa shape index (κ2) is 8.81. The second-order valence-corrected chi connectivity index (χ2v) is 7.40. The van der Waals surface area contributed by atoms with E-state index in [0.29, 0.717) is 6.54 Å². The van der Waals surface area contributed by atoms with Gasteiger partial charge in [0.1, 0.15) is 11.5 Å². The van der Waals surface area contributed by atoms with E-state index >= 15 is 0 Å². The largest absolute Gasteiger partial charge is 0.497 e. The second-order valence-electron chi connectivity index (χ2n) is 6.07. The van der Waals surface area contributed by atoms with E-state index < -0.39 is 0 Å². The Morgan fingerprint density at radius 2 is 1.85 bits per heavy atom. The van der Waals surface area contributed by atoms with Crippen LogP contribution >= 0.6 is 11.8 Å². The molecule has 1 heterocycles. The number of nitrogens with zero attached hydrogens (tertiary/aromatic N) is 1. The number of ether oxygens (including phenoxy) is 2. The van der Waals surface area contributed by atoms with Crippen LogP contribution in [0.3, 0.4) is 0 Å². The molecule has 0 saturated carbocycles. The number of nitrogens with one attached hydrogen (secondary N) is 2. The molecule has 1 amide bonds. The van der Waals surface area contributed by atoms with E-state index in [1.54, 1.807) is 14.2 Å². The number of carbonyl (C=O) groups is 1. The van der Waals surface area contributed by atoms with Crippen LogP contribution in [0.4, 0.5) is 0 Å². The van der Waals surface area contributed by atoms with Crippen LogP contribution in [0.1, 0.15) is 12.5 Å². The number of hydrogen-bond acceptors (Lipinski definition) is 5. The Bertz CT molecular complexity index is 908. The minimum Gasteiger partial charge on any atom is -0.497 e. The average Bonchev–Trinajstić information content (AvgIpc) is 3.09. The number of methoxy groups -OCH3 is 2. The zero-order chi connectivity index (χ0) is 19.2. The molecule has 1 atom stereocenters. The summed E-state index contributed by atoms with van der Waals surface area (Å²) in [5, 5.41) is 3.45. The molecular formula is C20H23N3O3S. The highest BCUT2D eigenvalue weighted by atomic mass is 32.2. The van der Waals surface area contributed by atoms with Crippen molar-refractivity contribution in [2.45, 2.75) is 23.8 Å². The molecule has 0 aliphatic carbocycles. The molecule has 3 aromatic rings. The Morgan fingerprint density at radius 3 is 2.56 bits per heavy atom. The van der Waals surface area contributed by atoms with Crippen molar-refractivity contribution in [2.75, 3.05) is 20.8 Å². The van der Waals surface area contributed by atoms with Gasteiger partial charge in [-0.3, -0.25) is 4.79 Å². The predicted octanol–water partition coefficient (Wildman–Crippen LogP) is 3.42. The maximum atomic E-state index is 12.3. The SMILES string of the molecule is COc1ccc(CCNC(=O)C(C)Sc2nc3ccc(OC)cc3[nH]2)cc1. The molecule has 6 nitrogen and oxygen atoms in total. The third kappa shape index (κ3) is 4.95. The van der Waals surface area contributed by atoms with Crippen molar-refractivity contribution < 1.29 is 14.3 Å².